The number of benzene rings is 2. The predicted octanol–water partition coefficient (Wildman–Crippen LogP) is 2.38. The summed E-state index contributed by atoms with van der Waals surface area (Å²) in [4.78, 5) is 14.3. The van der Waals surface area contributed by atoms with Gasteiger partial charge in [0, 0.05) is 31.5 Å². The van der Waals surface area contributed by atoms with Gasteiger partial charge in [-0.05, 0) is 36.9 Å². The molecule has 0 heterocycles. The fraction of sp³-hybridized carbons (Fsp3) is 0.316. The van der Waals surface area contributed by atoms with Gasteiger partial charge in [-0.25, -0.2) is 0 Å². The lowest BCUT2D eigenvalue weighted by Crippen LogP contribution is -2.31. The lowest BCUT2D eigenvalue weighted by atomic mass is 10.1. The number of methoxy groups -OCH3 is 1. The average Bonchev–Trinajstić information content (AvgIpc) is 2.56. The number of likely N-dealkylation sites (N-methyl/N-ethyl adjacent to an activating group) is 1. The highest BCUT2D eigenvalue weighted by Gasteiger charge is 2.10. The van der Waals surface area contributed by atoms with Crippen LogP contribution >= 0.6 is 0 Å². The Morgan fingerprint density at radius 1 is 1.21 bits per heavy atom. The number of aliphatic hydroxyl groups is 1. The van der Waals surface area contributed by atoms with E-state index in [1.807, 2.05) is 60.5 Å². The minimum absolute atomic E-state index is 0.134. The molecule has 0 saturated heterocycles. The van der Waals surface area contributed by atoms with Crippen molar-refractivity contribution in [3.63, 3.8) is 0 Å². The molecule has 1 unspecified atom stereocenters. The third kappa shape index (κ3) is 5.77. The van der Waals surface area contributed by atoms with Crippen molar-refractivity contribution in [3.05, 3.63) is 65.7 Å². The first-order valence-corrected chi connectivity index (χ1v) is 7.89. The van der Waals surface area contributed by atoms with Gasteiger partial charge in [0.2, 0.25) is 0 Å². The van der Waals surface area contributed by atoms with Gasteiger partial charge in [-0.1, -0.05) is 30.3 Å². The molecule has 24 heavy (non-hydrogen) atoms. The van der Waals surface area contributed by atoms with Crippen molar-refractivity contribution in [3.8, 4) is 0 Å². The number of hydrogen-bond donors (Lipinski definition) is 2. The molecule has 5 heteroatoms. The largest absolute Gasteiger partial charge is 0.389 e. The zero-order valence-corrected chi connectivity index (χ0v) is 14.1. The van der Waals surface area contributed by atoms with Crippen LogP contribution in [0.1, 0.15) is 15.9 Å². The minimum atomic E-state index is -0.524. The summed E-state index contributed by atoms with van der Waals surface area (Å²) in [7, 11) is 3.49. The van der Waals surface area contributed by atoms with Crippen molar-refractivity contribution in [1.82, 2.24) is 4.90 Å². The number of carbonyl (C=O) groups excluding carboxylic acids is 1. The Balaban J connectivity index is 1.96. The zero-order chi connectivity index (χ0) is 17.4. The molecule has 0 radical (unpaired) electrons. The molecular weight excluding hydrogens is 304 g/mol. The number of carbonyl (C=O) groups is 1. The molecule has 0 bridgehead atoms. The van der Waals surface area contributed by atoms with E-state index in [0.717, 1.165) is 11.3 Å². The number of ether oxygens (including phenoxy) is 1. The van der Waals surface area contributed by atoms with E-state index in [-0.39, 0.29) is 5.91 Å². The van der Waals surface area contributed by atoms with Gasteiger partial charge in [0.15, 0.2) is 0 Å². The molecule has 1 atom stereocenters. The molecule has 1 amide bonds. The molecule has 0 fully saturated rings. The van der Waals surface area contributed by atoms with Crippen molar-refractivity contribution in [1.29, 1.82) is 0 Å². The maximum Gasteiger partial charge on any atom is 0.255 e. The molecule has 0 aromatic heterocycles. The molecule has 0 aliphatic carbocycles. The summed E-state index contributed by atoms with van der Waals surface area (Å²) in [5, 5.41) is 12.7. The van der Waals surface area contributed by atoms with Crippen molar-refractivity contribution in [2.75, 3.05) is 32.6 Å². The van der Waals surface area contributed by atoms with Crippen LogP contribution in [-0.2, 0) is 11.3 Å². The van der Waals surface area contributed by atoms with E-state index in [0.29, 0.717) is 25.3 Å². The number of amides is 1. The number of para-hydroxylation sites is 1. The van der Waals surface area contributed by atoms with E-state index in [2.05, 4.69) is 5.32 Å². The van der Waals surface area contributed by atoms with Crippen LogP contribution in [-0.4, -0.2) is 49.3 Å². The highest BCUT2D eigenvalue weighted by molar-refractivity contribution is 6.04. The Morgan fingerprint density at radius 3 is 2.67 bits per heavy atom. The van der Waals surface area contributed by atoms with Gasteiger partial charge in [0.05, 0.1) is 12.7 Å². The first-order chi connectivity index (χ1) is 11.6. The predicted molar refractivity (Wildman–Crippen MR) is 95.1 cm³/mol. The van der Waals surface area contributed by atoms with E-state index in [1.54, 1.807) is 13.2 Å². The summed E-state index contributed by atoms with van der Waals surface area (Å²) in [5.41, 5.74) is 2.40. The Hall–Kier alpha value is -2.21. The fourth-order valence-corrected chi connectivity index (χ4v) is 2.52. The van der Waals surface area contributed by atoms with Crippen molar-refractivity contribution >= 4 is 11.6 Å². The Bertz CT molecular complexity index is 646. The number of aliphatic hydroxyl groups excluding tert-OH is 1. The highest BCUT2D eigenvalue weighted by atomic mass is 16.5. The molecule has 0 saturated carbocycles. The van der Waals surface area contributed by atoms with Crippen LogP contribution < -0.4 is 5.32 Å². The molecular formula is C19H24N2O3. The first-order valence-electron chi connectivity index (χ1n) is 7.89. The second kappa shape index (κ2) is 9.17. The van der Waals surface area contributed by atoms with Crippen LogP contribution in [0, 0.1) is 0 Å². The average molecular weight is 328 g/mol. The lowest BCUT2D eigenvalue weighted by molar-refractivity contribution is 0.0419. The van der Waals surface area contributed by atoms with Gasteiger partial charge in [-0.15, -0.1) is 0 Å². The number of nitrogens with one attached hydrogen (secondary N) is 1. The summed E-state index contributed by atoms with van der Waals surface area (Å²) in [5.74, 6) is -0.134. The normalized spacial score (nSPS) is 12.2. The number of nitrogens with zero attached hydrogens (tertiary/aromatic N) is 1. The third-order valence-corrected chi connectivity index (χ3v) is 3.55. The Labute approximate surface area is 142 Å². The van der Waals surface area contributed by atoms with E-state index < -0.39 is 6.10 Å². The van der Waals surface area contributed by atoms with Crippen LogP contribution in [0.4, 0.5) is 5.69 Å². The molecule has 5 nitrogen and oxygen atoms in total. The van der Waals surface area contributed by atoms with Crippen molar-refractivity contribution in [2.24, 2.45) is 0 Å². The van der Waals surface area contributed by atoms with Gasteiger partial charge in [0.25, 0.3) is 5.91 Å². The first kappa shape index (κ1) is 18.1. The maximum absolute atomic E-state index is 12.3. The molecule has 0 spiro atoms. The minimum Gasteiger partial charge on any atom is -0.389 e. The monoisotopic (exact) mass is 328 g/mol. The van der Waals surface area contributed by atoms with Gasteiger partial charge < -0.3 is 15.2 Å². The topological polar surface area (TPSA) is 61.8 Å². The van der Waals surface area contributed by atoms with E-state index >= 15 is 0 Å². The summed E-state index contributed by atoms with van der Waals surface area (Å²) >= 11 is 0. The summed E-state index contributed by atoms with van der Waals surface area (Å²) in [6, 6.07) is 16.9. The molecule has 2 aromatic rings. The van der Waals surface area contributed by atoms with Crippen LogP contribution in [0.2, 0.25) is 0 Å². The highest BCUT2D eigenvalue weighted by Crippen LogP contribution is 2.12. The van der Waals surface area contributed by atoms with Gasteiger partial charge in [0.1, 0.15) is 0 Å². The van der Waals surface area contributed by atoms with Gasteiger partial charge in [-0.2, -0.15) is 0 Å². The molecule has 2 aromatic carbocycles. The molecule has 128 valence electrons. The van der Waals surface area contributed by atoms with Crippen LogP contribution in [0.3, 0.4) is 0 Å². The summed E-state index contributed by atoms with van der Waals surface area (Å²) < 4.78 is 4.93. The van der Waals surface area contributed by atoms with E-state index in [9.17, 15) is 9.90 Å². The van der Waals surface area contributed by atoms with E-state index in [4.69, 9.17) is 4.74 Å². The number of anilines is 1. The van der Waals surface area contributed by atoms with Gasteiger partial charge >= 0.3 is 0 Å². The zero-order valence-electron chi connectivity index (χ0n) is 14.1. The smallest absolute Gasteiger partial charge is 0.255 e. The Morgan fingerprint density at radius 2 is 1.96 bits per heavy atom. The number of rotatable bonds is 8. The van der Waals surface area contributed by atoms with Crippen LogP contribution in [0.5, 0.6) is 0 Å². The van der Waals surface area contributed by atoms with Crippen LogP contribution in [0.15, 0.2) is 54.6 Å². The van der Waals surface area contributed by atoms with Gasteiger partial charge in [-0.3, -0.25) is 9.69 Å². The maximum atomic E-state index is 12.3. The van der Waals surface area contributed by atoms with E-state index in [1.165, 1.54) is 0 Å². The second-order valence-corrected chi connectivity index (χ2v) is 5.83. The molecule has 0 aliphatic rings. The standard InChI is InChI=1S/C19H24N2O3/c1-21(13-18(22)14-24-2)12-15-7-6-8-16(11-15)19(23)20-17-9-4-3-5-10-17/h3-11,18,22H,12-14H2,1-2H3,(H,20,23). The SMILES string of the molecule is COCC(O)CN(C)Cc1cccc(C(=O)Nc2ccccc2)c1. The quantitative estimate of drug-likeness (QED) is 0.781. The Kier molecular flexibility index (Phi) is 6.93. The third-order valence-electron chi connectivity index (χ3n) is 3.55. The van der Waals surface area contributed by atoms with Crippen molar-refractivity contribution < 1.29 is 14.6 Å². The van der Waals surface area contributed by atoms with Crippen LogP contribution in [0.25, 0.3) is 0 Å². The fourth-order valence-electron chi connectivity index (χ4n) is 2.52. The second-order valence-electron chi connectivity index (χ2n) is 5.83. The number of hydrogen-bond acceptors (Lipinski definition) is 4. The lowest BCUT2D eigenvalue weighted by Gasteiger charge is -2.20. The summed E-state index contributed by atoms with van der Waals surface area (Å²) in [6.07, 6.45) is -0.524. The summed E-state index contributed by atoms with van der Waals surface area (Å²) in [6.45, 7) is 1.46. The molecule has 2 N–H and O–H groups in total. The molecule has 2 rings (SSSR count). The van der Waals surface area contributed by atoms with Crippen molar-refractivity contribution in [2.45, 2.75) is 12.6 Å². The molecule has 0 aliphatic heterocycles.